The van der Waals surface area contributed by atoms with Crippen molar-refractivity contribution in [2.24, 2.45) is 0 Å². The number of aliphatic hydroxyl groups excluding tert-OH is 1. The van der Waals surface area contributed by atoms with Crippen molar-refractivity contribution < 1.29 is 22.7 Å². The van der Waals surface area contributed by atoms with Gasteiger partial charge in [-0.05, 0) is 36.4 Å². The summed E-state index contributed by atoms with van der Waals surface area (Å²) in [5.74, 6) is 0.359. The zero-order valence-corrected chi connectivity index (χ0v) is 12.6. The molecule has 7 nitrogen and oxygen atoms in total. The highest BCUT2D eigenvalue weighted by Crippen LogP contribution is 2.14. The van der Waals surface area contributed by atoms with E-state index in [1.807, 2.05) is 0 Å². The number of hydrogen-bond acceptors (Lipinski definition) is 5. The van der Waals surface area contributed by atoms with E-state index < -0.39 is 22.0 Å². The Balaban J connectivity index is 1.87. The average molecular weight is 324 g/mol. The number of rotatable bonds is 5. The molecule has 0 spiro atoms. The summed E-state index contributed by atoms with van der Waals surface area (Å²) in [5.41, 5.74) is 0.442. The van der Waals surface area contributed by atoms with E-state index in [2.05, 4.69) is 10.6 Å². The highest BCUT2D eigenvalue weighted by Gasteiger charge is 2.12. The van der Waals surface area contributed by atoms with Gasteiger partial charge in [-0.2, -0.15) is 0 Å². The van der Waals surface area contributed by atoms with Crippen molar-refractivity contribution in [1.29, 1.82) is 0 Å². The van der Waals surface area contributed by atoms with Crippen LogP contribution >= 0.6 is 0 Å². The number of urea groups is 1. The number of sulfone groups is 1. The first kappa shape index (κ1) is 16.1. The molecular weight excluding hydrogens is 308 g/mol. The van der Waals surface area contributed by atoms with Gasteiger partial charge in [0.1, 0.15) is 11.9 Å². The minimum atomic E-state index is -3.27. The van der Waals surface area contributed by atoms with Crippen LogP contribution in [0.4, 0.5) is 10.5 Å². The Kier molecular flexibility index (Phi) is 4.84. The fourth-order valence-corrected chi connectivity index (χ4v) is 2.36. The second kappa shape index (κ2) is 6.63. The summed E-state index contributed by atoms with van der Waals surface area (Å²) in [6.45, 7) is -0.0131. The minimum absolute atomic E-state index is 0.0131. The molecule has 0 bridgehead atoms. The molecule has 0 saturated carbocycles. The van der Waals surface area contributed by atoms with Gasteiger partial charge in [0.05, 0.1) is 17.7 Å². The van der Waals surface area contributed by atoms with Gasteiger partial charge in [-0.25, -0.2) is 13.2 Å². The second-order valence-corrected chi connectivity index (χ2v) is 6.68. The summed E-state index contributed by atoms with van der Waals surface area (Å²) < 4.78 is 27.7. The quantitative estimate of drug-likeness (QED) is 0.773. The third kappa shape index (κ3) is 4.34. The zero-order valence-electron chi connectivity index (χ0n) is 11.8. The van der Waals surface area contributed by atoms with E-state index in [1.54, 1.807) is 12.1 Å². The summed E-state index contributed by atoms with van der Waals surface area (Å²) in [6.07, 6.45) is 1.61. The highest BCUT2D eigenvalue weighted by molar-refractivity contribution is 7.90. The van der Waals surface area contributed by atoms with E-state index in [-0.39, 0.29) is 11.4 Å². The molecule has 0 aliphatic heterocycles. The molecule has 1 unspecified atom stereocenters. The number of hydrogen-bond donors (Lipinski definition) is 3. The standard InChI is InChI=1S/C14H16N2O5S/c1-22(19,20)11-6-4-10(5-7-11)16-14(18)15-9-12(17)13-3-2-8-21-13/h2-8,12,17H,9H2,1H3,(H2,15,16,18). The molecule has 2 rings (SSSR count). The Labute approximate surface area is 127 Å². The summed E-state index contributed by atoms with van der Waals surface area (Å²) in [5, 5.41) is 14.8. The van der Waals surface area contributed by atoms with Gasteiger partial charge in [0.2, 0.25) is 0 Å². The Bertz CT molecular complexity index is 723. The first-order valence-electron chi connectivity index (χ1n) is 6.43. The molecule has 22 heavy (non-hydrogen) atoms. The monoisotopic (exact) mass is 324 g/mol. The van der Waals surface area contributed by atoms with Gasteiger partial charge in [0, 0.05) is 11.9 Å². The fourth-order valence-electron chi connectivity index (χ4n) is 1.73. The first-order chi connectivity index (χ1) is 10.4. The number of nitrogens with one attached hydrogen (secondary N) is 2. The van der Waals surface area contributed by atoms with Crippen molar-refractivity contribution in [2.45, 2.75) is 11.0 Å². The maximum Gasteiger partial charge on any atom is 0.319 e. The molecular formula is C14H16N2O5S. The van der Waals surface area contributed by atoms with Gasteiger partial charge in [-0.15, -0.1) is 0 Å². The van der Waals surface area contributed by atoms with E-state index in [0.717, 1.165) is 6.26 Å². The van der Waals surface area contributed by atoms with E-state index in [1.165, 1.54) is 30.5 Å². The highest BCUT2D eigenvalue weighted by atomic mass is 32.2. The lowest BCUT2D eigenvalue weighted by molar-refractivity contribution is 0.149. The summed E-state index contributed by atoms with van der Waals surface area (Å²) in [6, 6.07) is 8.51. The lowest BCUT2D eigenvalue weighted by Crippen LogP contribution is -2.32. The van der Waals surface area contributed by atoms with Crippen LogP contribution in [-0.4, -0.2) is 32.4 Å². The third-order valence-electron chi connectivity index (χ3n) is 2.87. The van der Waals surface area contributed by atoms with Crippen molar-refractivity contribution in [1.82, 2.24) is 5.32 Å². The molecule has 1 atom stereocenters. The molecule has 1 heterocycles. The number of aliphatic hydroxyl groups is 1. The molecule has 0 fully saturated rings. The minimum Gasteiger partial charge on any atom is -0.467 e. The summed E-state index contributed by atoms with van der Waals surface area (Å²) in [7, 11) is -3.27. The normalized spacial score (nSPS) is 12.6. The predicted octanol–water partition coefficient (Wildman–Crippen LogP) is 1.54. The van der Waals surface area contributed by atoms with Crippen LogP contribution in [0.5, 0.6) is 0 Å². The molecule has 1 aromatic carbocycles. The van der Waals surface area contributed by atoms with Crippen molar-refractivity contribution in [2.75, 3.05) is 18.1 Å². The molecule has 2 aromatic rings. The van der Waals surface area contributed by atoms with Crippen LogP contribution in [0.25, 0.3) is 0 Å². The van der Waals surface area contributed by atoms with Gasteiger partial charge < -0.3 is 20.2 Å². The summed E-state index contributed by atoms with van der Waals surface area (Å²) in [4.78, 5) is 11.9. The lowest BCUT2D eigenvalue weighted by atomic mass is 10.3. The van der Waals surface area contributed by atoms with Gasteiger partial charge in [0.15, 0.2) is 9.84 Å². The molecule has 0 radical (unpaired) electrons. The first-order valence-corrected chi connectivity index (χ1v) is 8.32. The van der Waals surface area contributed by atoms with Crippen molar-refractivity contribution in [3.63, 3.8) is 0 Å². The van der Waals surface area contributed by atoms with Crippen LogP contribution < -0.4 is 10.6 Å². The molecule has 1 aromatic heterocycles. The van der Waals surface area contributed by atoms with E-state index in [9.17, 15) is 18.3 Å². The largest absolute Gasteiger partial charge is 0.467 e. The molecule has 8 heteroatoms. The van der Waals surface area contributed by atoms with Crippen molar-refractivity contribution in [3.05, 3.63) is 48.4 Å². The molecule has 118 valence electrons. The molecule has 0 aliphatic carbocycles. The van der Waals surface area contributed by atoms with Crippen LogP contribution in [-0.2, 0) is 9.84 Å². The van der Waals surface area contributed by atoms with E-state index in [4.69, 9.17) is 4.42 Å². The lowest BCUT2D eigenvalue weighted by Gasteiger charge is -2.11. The van der Waals surface area contributed by atoms with Crippen molar-refractivity contribution >= 4 is 21.6 Å². The van der Waals surface area contributed by atoms with Crippen LogP contribution in [0.3, 0.4) is 0 Å². The molecule has 0 aliphatic rings. The van der Waals surface area contributed by atoms with Crippen molar-refractivity contribution in [3.8, 4) is 0 Å². The molecule has 2 amide bonds. The fraction of sp³-hybridized carbons (Fsp3) is 0.214. The van der Waals surface area contributed by atoms with E-state index in [0.29, 0.717) is 11.4 Å². The number of carbonyl (C=O) groups excluding carboxylic acids is 1. The SMILES string of the molecule is CS(=O)(=O)c1ccc(NC(=O)NCC(O)c2ccco2)cc1. The molecule has 3 N–H and O–H groups in total. The number of amides is 2. The number of anilines is 1. The van der Waals surface area contributed by atoms with Gasteiger partial charge >= 0.3 is 6.03 Å². The zero-order chi connectivity index (χ0) is 16.2. The van der Waals surface area contributed by atoms with Gasteiger partial charge in [-0.1, -0.05) is 0 Å². The van der Waals surface area contributed by atoms with Gasteiger partial charge in [-0.3, -0.25) is 0 Å². The summed E-state index contributed by atoms with van der Waals surface area (Å²) >= 11 is 0. The van der Waals surface area contributed by atoms with E-state index >= 15 is 0 Å². The number of furan rings is 1. The van der Waals surface area contributed by atoms with Crippen LogP contribution in [0.2, 0.25) is 0 Å². The van der Waals surface area contributed by atoms with Crippen LogP contribution in [0, 0.1) is 0 Å². The topological polar surface area (TPSA) is 109 Å². The maximum absolute atomic E-state index is 11.7. The number of carbonyl (C=O) groups is 1. The Morgan fingerprint density at radius 2 is 1.95 bits per heavy atom. The smallest absolute Gasteiger partial charge is 0.319 e. The Hall–Kier alpha value is -2.32. The predicted molar refractivity (Wildman–Crippen MR) is 80.2 cm³/mol. The maximum atomic E-state index is 11.7. The van der Waals surface area contributed by atoms with Crippen LogP contribution in [0.1, 0.15) is 11.9 Å². The second-order valence-electron chi connectivity index (χ2n) is 4.66. The third-order valence-corrected chi connectivity index (χ3v) is 4.00. The van der Waals surface area contributed by atoms with Gasteiger partial charge in [0.25, 0.3) is 0 Å². The Morgan fingerprint density at radius 3 is 2.50 bits per heavy atom. The average Bonchev–Trinajstić information content (AvgIpc) is 2.98. The Morgan fingerprint density at radius 1 is 1.27 bits per heavy atom. The van der Waals surface area contributed by atoms with Crippen LogP contribution in [0.15, 0.2) is 52.0 Å². The molecule has 0 saturated heterocycles. The number of benzene rings is 1.